The fraction of sp³-hybridized carbons (Fsp3) is 0.424. The highest BCUT2D eigenvalue weighted by Gasteiger charge is 2.42. The molecular formula is C33H39ClN2O3. The Kier molecular flexibility index (Phi) is 8.16. The molecule has 3 heterocycles. The Hall–Kier alpha value is -2.70. The van der Waals surface area contributed by atoms with Crippen LogP contribution in [0.1, 0.15) is 74.4 Å². The van der Waals surface area contributed by atoms with Crippen LogP contribution in [0.3, 0.4) is 0 Å². The van der Waals surface area contributed by atoms with Crippen molar-refractivity contribution in [1.29, 1.82) is 0 Å². The highest BCUT2D eigenvalue weighted by atomic mass is 35.5. The molecule has 206 valence electrons. The minimum atomic E-state index is -0.951. The summed E-state index contributed by atoms with van der Waals surface area (Å²) in [7, 11) is 0. The zero-order valence-electron chi connectivity index (χ0n) is 23.2. The maximum atomic E-state index is 11.8. The fourth-order valence-electron chi connectivity index (χ4n) is 6.03. The summed E-state index contributed by atoms with van der Waals surface area (Å²) in [5.41, 5.74) is 4.11. The third kappa shape index (κ3) is 5.92. The van der Waals surface area contributed by atoms with E-state index in [-0.39, 0.29) is 5.92 Å². The van der Waals surface area contributed by atoms with E-state index in [4.69, 9.17) is 16.3 Å². The Bertz CT molecular complexity index is 1330. The number of hydrogen-bond acceptors (Lipinski definition) is 5. The first kappa shape index (κ1) is 27.9. The van der Waals surface area contributed by atoms with Crippen molar-refractivity contribution in [1.82, 2.24) is 9.88 Å². The van der Waals surface area contributed by atoms with Crippen molar-refractivity contribution >= 4 is 17.2 Å². The average molecular weight is 547 g/mol. The molecule has 6 heteroatoms. The molecule has 0 saturated carbocycles. The van der Waals surface area contributed by atoms with Crippen molar-refractivity contribution in [2.24, 2.45) is 5.92 Å². The lowest BCUT2D eigenvalue weighted by Crippen LogP contribution is -2.50. The molecule has 2 aliphatic rings. The van der Waals surface area contributed by atoms with Gasteiger partial charge in [0.05, 0.1) is 16.9 Å². The number of hydrogen-bond donors (Lipinski definition) is 2. The molecule has 1 saturated heterocycles. The van der Waals surface area contributed by atoms with Crippen LogP contribution in [0.15, 0.2) is 66.9 Å². The Labute approximate surface area is 237 Å². The fourth-order valence-corrected chi connectivity index (χ4v) is 6.16. The highest BCUT2D eigenvalue weighted by molar-refractivity contribution is 6.30. The van der Waals surface area contributed by atoms with Gasteiger partial charge in [-0.3, -0.25) is 4.98 Å². The summed E-state index contributed by atoms with van der Waals surface area (Å²) >= 11 is 6.12. The average Bonchev–Trinajstić information content (AvgIpc) is 3.07. The molecule has 0 bridgehead atoms. The normalized spacial score (nSPS) is 22.6. The molecule has 2 aromatic carbocycles. The van der Waals surface area contributed by atoms with Gasteiger partial charge in [-0.25, -0.2) is 0 Å². The molecular weight excluding hydrogens is 508 g/mol. The van der Waals surface area contributed by atoms with Gasteiger partial charge in [0.15, 0.2) is 0 Å². The molecule has 0 radical (unpaired) electrons. The molecule has 39 heavy (non-hydrogen) atoms. The summed E-state index contributed by atoms with van der Waals surface area (Å²) in [5.74, 6) is 0.970. The second kappa shape index (κ2) is 11.4. The first-order chi connectivity index (χ1) is 18.7. The Balaban J connectivity index is 1.39. The van der Waals surface area contributed by atoms with E-state index in [1.807, 2.05) is 54.7 Å². The van der Waals surface area contributed by atoms with Gasteiger partial charge < -0.3 is 19.8 Å². The first-order valence-electron chi connectivity index (χ1n) is 14.0. The number of benzene rings is 2. The minimum Gasteiger partial charge on any atom is -0.487 e. The lowest BCUT2D eigenvalue weighted by atomic mass is 9.74. The van der Waals surface area contributed by atoms with Crippen LogP contribution in [0.4, 0.5) is 0 Å². The number of aliphatic hydroxyl groups is 2. The van der Waals surface area contributed by atoms with Crippen LogP contribution in [0, 0.1) is 5.92 Å². The topological polar surface area (TPSA) is 65.8 Å². The van der Waals surface area contributed by atoms with Crippen molar-refractivity contribution in [2.75, 3.05) is 19.6 Å². The molecule has 3 aromatic rings. The van der Waals surface area contributed by atoms with Crippen LogP contribution in [0.2, 0.25) is 5.02 Å². The van der Waals surface area contributed by atoms with Crippen molar-refractivity contribution in [2.45, 2.75) is 64.3 Å². The van der Waals surface area contributed by atoms with E-state index in [0.29, 0.717) is 18.1 Å². The van der Waals surface area contributed by atoms with Crippen molar-refractivity contribution < 1.29 is 14.9 Å². The lowest BCUT2D eigenvalue weighted by Gasteiger charge is -2.45. The highest BCUT2D eigenvalue weighted by Crippen LogP contribution is 2.41. The smallest absolute Gasteiger partial charge is 0.131 e. The Morgan fingerprint density at radius 2 is 1.95 bits per heavy atom. The van der Waals surface area contributed by atoms with E-state index in [1.165, 1.54) is 0 Å². The molecule has 2 atom stereocenters. The zero-order chi connectivity index (χ0) is 27.6. The number of likely N-dealkylation sites (tertiary alicyclic amines) is 1. The SMILES string of the molecule is CCCC1CN(CC/C=C2/c3cc(C(C)(C)O)ccc3OCc3ncccc32)CCC1(O)c1ccc(Cl)cc1. The molecule has 5 nitrogen and oxygen atoms in total. The van der Waals surface area contributed by atoms with E-state index in [9.17, 15) is 10.2 Å². The maximum Gasteiger partial charge on any atom is 0.131 e. The second-order valence-electron chi connectivity index (χ2n) is 11.4. The summed E-state index contributed by atoms with van der Waals surface area (Å²) < 4.78 is 6.15. The standard InChI is InChI=1S/C33H39ClN2O3/c1-4-7-25-21-36(19-16-33(25,38)23-10-13-26(34)14-11-23)18-6-9-27-28-8-5-17-35-30(28)22-39-31-15-12-24(20-29(27)31)32(2,3)37/h5,8-15,17,20,25,37-38H,4,6-7,16,18-19,21-22H2,1-3H3/b27-9+. The molecule has 1 fully saturated rings. The van der Waals surface area contributed by atoms with Gasteiger partial charge in [-0.05, 0) is 80.1 Å². The first-order valence-corrected chi connectivity index (χ1v) is 14.4. The molecule has 0 spiro atoms. The number of halogens is 1. The third-order valence-electron chi connectivity index (χ3n) is 8.26. The second-order valence-corrected chi connectivity index (χ2v) is 11.9. The van der Waals surface area contributed by atoms with E-state index in [2.05, 4.69) is 29.0 Å². The van der Waals surface area contributed by atoms with Crippen LogP contribution < -0.4 is 4.74 Å². The van der Waals surface area contributed by atoms with Gasteiger partial charge in [-0.2, -0.15) is 0 Å². The van der Waals surface area contributed by atoms with Gasteiger partial charge in [0.1, 0.15) is 12.4 Å². The minimum absolute atomic E-state index is 0.163. The third-order valence-corrected chi connectivity index (χ3v) is 8.51. The maximum absolute atomic E-state index is 11.8. The molecule has 2 N–H and O–H groups in total. The van der Waals surface area contributed by atoms with Gasteiger partial charge in [0.25, 0.3) is 0 Å². The molecule has 2 unspecified atom stereocenters. The van der Waals surface area contributed by atoms with Crippen LogP contribution in [-0.2, 0) is 17.8 Å². The summed E-state index contributed by atoms with van der Waals surface area (Å²) in [4.78, 5) is 7.08. The van der Waals surface area contributed by atoms with Crippen LogP contribution >= 0.6 is 11.6 Å². The van der Waals surface area contributed by atoms with Gasteiger partial charge in [-0.15, -0.1) is 0 Å². The number of piperidine rings is 1. The van der Waals surface area contributed by atoms with Gasteiger partial charge in [0, 0.05) is 47.9 Å². The summed E-state index contributed by atoms with van der Waals surface area (Å²) in [6.45, 7) is 8.80. The quantitative estimate of drug-likeness (QED) is 0.346. The Morgan fingerprint density at radius 1 is 1.15 bits per heavy atom. The van der Waals surface area contributed by atoms with Crippen molar-refractivity contribution in [3.63, 3.8) is 0 Å². The van der Waals surface area contributed by atoms with Crippen LogP contribution in [0.5, 0.6) is 5.75 Å². The number of nitrogens with zero attached hydrogens (tertiary/aromatic N) is 2. The molecule has 0 amide bonds. The molecule has 5 rings (SSSR count). The van der Waals surface area contributed by atoms with Gasteiger partial charge in [-0.1, -0.05) is 55.3 Å². The van der Waals surface area contributed by atoms with E-state index in [1.54, 1.807) is 13.8 Å². The Morgan fingerprint density at radius 3 is 2.69 bits per heavy atom. The van der Waals surface area contributed by atoms with Crippen molar-refractivity contribution in [3.8, 4) is 5.75 Å². The van der Waals surface area contributed by atoms with E-state index < -0.39 is 11.2 Å². The largest absolute Gasteiger partial charge is 0.487 e. The number of pyridine rings is 1. The predicted octanol–water partition coefficient (Wildman–Crippen LogP) is 6.69. The molecule has 0 aliphatic carbocycles. The summed E-state index contributed by atoms with van der Waals surface area (Å²) in [6, 6.07) is 17.7. The summed E-state index contributed by atoms with van der Waals surface area (Å²) in [5, 5.41) is 23.2. The number of ether oxygens (including phenoxy) is 1. The van der Waals surface area contributed by atoms with Crippen LogP contribution in [0.25, 0.3) is 5.57 Å². The van der Waals surface area contributed by atoms with Gasteiger partial charge >= 0.3 is 0 Å². The number of aromatic nitrogens is 1. The summed E-state index contributed by atoms with van der Waals surface area (Å²) in [6.07, 6.45) is 7.66. The molecule has 1 aromatic heterocycles. The predicted molar refractivity (Wildman–Crippen MR) is 157 cm³/mol. The zero-order valence-corrected chi connectivity index (χ0v) is 23.9. The van der Waals surface area contributed by atoms with Crippen LogP contribution in [-0.4, -0.2) is 39.7 Å². The van der Waals surface area contributed by atoms with Crippen molar-refractivity contribution in [3.05, 3.63) is 99.8 Å². The monoisotopic (exact) mass is 546 g/mol. The lowest BCUT2D eigenvalue weighted by molar-refractivity contribution is -0.0807. The van der Waals surface area contributed by atoms with E-state index in [0.717, 1.165) is 78.2 Å². The van der Waals surface area contributed by atoms with E-state index >= 15 is 0 Å². The van der Waals surface area contributed by atoms with Gasteiger partial charge in [0.2, 0.25) is 0 Å². The number of rotatable bonds is 7. The number of fused-ring (bicyclic) bond motifs is 2. The molecule has 2 aliphatic heterocycles.